The van der Waals surface area contributed by atoms with Crippen LogP contribution >= 0.6 is 0 Å². The molecule has 7 heteroatoms. The maximum atomic E-state index is 12.7. The van der Waals surface area contributed by atoms with E-state index in [1.807, 2.05) is 60.7 Å². The quantitative estimate of drug-likeness (QED) is 0.251. The number of aromatic nitrogens is 1. The summed E-state index contributed by atoms with van der Waals surface area (Å²) in [5.41, 5.74) is 3.31. The predicted octanol–water partition coefficient (Wildman–Crippen LogP) is 7.45. The third-order valence-electron chi connectivity index (χ3n) is 5.05. The van der Waals surface area contributed by atoms with E-state index in [2.05, 4.69) is 16.3 Å². The fraction of sp³-hybridized carbons (Fsp3) is 0.107. The van der Waals surface area contributed by atoms with Gasteiger partial charge in [-0.25, -0.2) is 0 Å². The minimum atomic E-state index is -4.80. The van der Waals surface area contributed by atoms with E-state index in [4.69, 9.17) is 9.47 Å². The van der Waals surface area contributed by atoms with Crippen molar-refractivity contribution in [3.63, 3.8) is 0 Å². The number of hydrogen-bond donors (Lipinski definition) is 0. The van der Waals surface area contributed by atoms with Gasteiger partial charge in [-0.1, -0.05) is 79.4 Å². The van der Waals surface area contributed by atoms with Crippen LogP contribution in [0.2, 0.25) is 0 Å². The number of ether oxygens (including phenoxy) is 3. The molecule has 0 bridgehead atoms. The highest BCUT2D eigenvalue weighted by Gasteiger charge is 2.32. The Balaban J connectivity index is 1.64. The van der Waals surface area contributed by atoms with Gasteiger partial charge in [-0.2, -0.15) is 4.98 Å². The van der Waals surface area contributed by atoms with E-state index in [1.54, 1.807) is 18.2 Å². The number of pyridine rings is 1. The highest BCUT2D eigenvalue weighted by atomic mass is 19.4. The number of alkyl halides is 3. The van der Waals surface area contributed by atoms with Gasteiger partial charge in [0.1, 0.15) is 19.0 Å². The van der Waals surface area contributed by atoms with Crippen LogP contribution in [0.25, 0.3) is 17.2 Å². The van der Waals surface area contributed by atoms with Gasteiger partial charge in [-0.15, -0.1) is 13.2 Å². The van der Waals surface area contributed by atoms with Crippen LogP contribution in [-0.4, -0.2) is 11.3 Å². The summed E-state index contributed by atoms with van der Waals surface area (Å²) in [6.45, 7) is 4.19. The molecule has 0 amide bonds. The molecule has 0 spiro atoms. The monoisotopic (exact) mass is 477 g/mol. The van der Waals surface area contributed by atoms with E-state index in [0.29, 0.717) is 29.5 Å². The predicted molar refractivity (Wildman–Crippen MR) is 128 cm³/mol. The standard InChI is InChI=1S/C28H22F3NO3/c1-2-22-17-23(13-15-25(22)35-28(29,30)31)24-14-16-26(33-18-20-9-5-3-6-10-20)32-27(24)34-19-21-11-7-4-8-12-21/h2-17H,1,18-19H2. The van der Waals surface area contributed by atoms with Crippen LogP contribution in [0.5, 0.6) is 17.5 Å². The summed E-state index contributed by atoms with van der Waals surface area (Å²) in [7, 11) is 0. The molecular formula is C28H22F3NO3. The largest absolute Gasteiger partial charge is 0.573 e. The van der Waals surface area contributed by atoms with Crippen LogP contribution in [0.1, 0.15) is 16.7 Å². The topological polar surface area (TPSA) is 40.6 Å². The van der Waals surface area contributed by atoms with E-state index in [9.17, 15) is 13.2 Å². The van der Waals surface area contributed by atoms with Crippen molar-refractivity contribution in [1.82, 2.24) is 4.98 Å². The zero-order chi connectivity index (χ0) is 24.7. The molecule has 4 rings (SSSR count). The van der Waals surface area contributed by atoms with Crippen molar-refractivity contribution in [3.05, 3.63) is 114 Å². The normalized spacial score (nSPS) is 11.1. The molecule has 0 saturated heterocycles. The highest BCUT2D eigenvalue weighted by Crippen LogP contribution is 2.36. The summed E-state index contributed by atoms with van der Waals surface area (Å²) >= 11 is 0. The Hall–Kier alpha value is -4.26. The Morgan fingerprint density at radius 2 is 1.40 bits per heavy atom. The molecular weight excluding hydrogens is 455 g/mol. The second kappa shape index (κ2) is 10.8. The first kappa shape index (κ1) is 23.9. The SMILES string of the molecule is C=Cc1cc(-c2ccc(OCc3ccccc3)nc2OCc2ccccc2)ccc1OC(F)(F)F. The van der Waals surface area contributed by atoms with Gasteiger partial charge in [0, 0.05) is 17.2 Å². The maximum absolute atomic E-state index is 12.7. The lowest BCUT2D eigenvalue weighted by molar-refractivity contribution is -0.274. The van der Waals surface area contributed by atoms with E-state index in [1.165, 1.54) is 18.2 Å². The van der Waals surface area contributed by atoms with Gasteiger partial charge in [0.2, 0.25) is 11.8 Å². The molecule has 178 valence electrons. The van der Waals surface area contributed by atoms with Crippen LogP contribution in [-0.2, 0) is 13.2 Å². The van der Waals surface area contributed by atoms with Gasteiger partial charge >= 0.3 is 6.36 Å². The zero-order valence-electron chi connectivity index (χ0n) is 18.7. The molecule has 35 heavy (non-hydrogen) atoms. The Morgan fingerprint density at radius 3 is 2.00 bits per heavy atom. The second-order valence-corrected chi connectivity index (χ2v) is 7.56. The van der Waals surface area contributed by atoms with Crippen LogP contribution in [0.3, 0.4) is 0 Å². The van der Waals surface area contributed by atoms with Crippen LogP contribution in [0.4, 0.5) is 13.2 Å². The molecule has 0 N–H and O–H groups in total. The van der Waals surface area contributed by atoms with Crippen molar-refractivity contribution in [2.45, 2.75) is 19.6 Å². The van der Waals surface area contributed by atoms with Crippen molar-refractivity contribution in [1.29, 1.82) is 0 Å². The molecule has 0 aliphatic rings. The van der Waals surface area contributed by atoms with Crippen molar-refractivity contribution in [2.75, 3.05) is 0 Å². The average Bonchev–Trinajstić information content (AvgIpc) is 2.87. The van der Waals surface area contributed by atoms with Gasteiger partial charge in [0.25, 0.3) is 0 Å². The maximum Gasteiger partial charge on any atom is 0.573 e. The molecule has 4 aromatic rings. The van der Waals surface area contributed by atoms with Gasteiger partial charge < -0.3 is 14.2 Å². The van der Waals surface area contributed by atoms with Crippen LogP contribution in [0.15, 0.2) is 97.6 Å². The summed E-state index contributed by atoms with van der Waals surface area (Å²) in [5.74, 6) is 0.319. The van der Waals surface area contributed by atoms with Crippen LogP contribution < -0.4 is 14.2 Å². The summed E-state index contributed by atoms with van der Waals surface area (Å²) in [6, 6.07) is 27.0. The third kappa shape index (κ3) is 6.63. The number of halogens is 3. The number of benzene rings is 3. The highest BCUT2D eigenvalue weighted by molar-refractivity contribution is 5.73. The third-order valence-corrected chi connectivity index (χ3v) is 5.05. The molecule has 0 saturated carbocycles. The second-order valence-electron chi connectivity index (χ2n) is 7.56. The molecule has 1 aromatic heterocycles. The first-order chi connectivity index (χ1) is 16.9. The molecule has 0 aliphatic carbocycles. The molecule has 0 atom stereocenters. The minimum Gasteiger partial charge on any atom is -0.473 e. The molecule has 0 unspecified atom stereocenters. The zero-order valence-corrected chi connectivity index (χ0v) is 18.7. The van der Waals surface area contributed by atoms with Gasteiger partial charge in [0.05, 0.1) is 0 Å². The van der Waals surface area contributed by atoms with Gasteiger partial charge in [0.15, 0.2) is 0 Å². The summed E-state index contributed by atoms with van der Waals surface area (Å²) in [4.78, 5) is 4.54. The van der Waals surface area contributed by atoms with Gasteiger partial charge in [-0.05, 0) is 34.9 Å². The fourth-order valence-electron chi connectivity index (χ4n) is 3.38. The number of nitrogens with zero attached hydrogens (tertiary/aromatic N) is 1. The van der Waals surface area contributed by atoms with E-state index >= 15 is 0 Å². The van der Waals surface area contributed by atoms with Crippen molar-refractivity contribution < 1.29 is 27.4 Å². The summed E-state index contributed by atoms with van der Waals surface area (Å²) in [6.07, 6.45) is -3.50. The Morgan fingerprint density at radius 1 is 0.771 bits per heavy atom. The van der Waals surface area contributed by atoms with E-state index in [0.717, 1.165) is 11.1 Å². The van der Waals surface area contributed by atoms with E-state index in [-0.39, 0.29) is 17.9 Å². The van der Waals surface area contributed by atoms with E-state index < -0.39 is 6.36 Å². The fourth-order valence-corrected chi connectivity index (χ4v) is 3.38. The molecule has 0 fully saturated rings. The lowest BCUT2D eigenvalue weighted by Gasteiger charge is -2.15. The first-order valence-corrected chi connectivity index (χ1v) is 10.8. The van der Waals surface area contributed by atoms with Crippen molar-refractivity contribution in [2.24, 2.45) is 0 Å². The Kier molecular flexibility index (Phi) is 7.35. The molecule has 1 heterocycles. The molecule has 0 aliphatic heterocycles. The Bertz CT molecular complexity index is 1280. The summed E-state index contributed by atoms with van der Waals surface area (Å²) in [5, 5.41) is 0. The minimum absolute atomic E-state index is 0.193. The molecule has 3 aromatic carbocycles. The first-order valence-electron chi connectivity index (χ1n) is 10.8. The van der Waals surface area contributed by atoms with Gasteiger partial charge in [-0.3, -0.25) is 0 Å². The average molecular weight is 477 g/mol. The lowest BCUT2D eigenvalue weighted by Crippen LogP contribution is -2.17. The smallest absolute Gasteiger partial charge is 0.473 e. The van der Waals surface area contributed by atoms with Crippen molar-refractivity contribution in [3.8, 4) is 28.6 Å². The summed E-state index contributed by atoms with van der Waals surface area (Å²) < 4.78 is 54.2. The number of rotatable bonds is 9. The Labute approximate surface area is 201 Å². The number of hydrogen-bond acceptors (Lipinski definition) is 4. The van der Waals surface area contributed by atoms with Crippen molar-refractivity contribution >= 4 is 6.08 Å². The van der Waals surface area contributed by atoms with Crippen LogP contribution in [0, 0.1) is 0 Å². The lowest BCUT2D eigenvalue weighted by atomic mass is 10.0. The molecule has 4 nitrogen and oxygen atoms in total. The molecule has 0 radical (unpaired) electrons.